The van der Waals surface area contributed by atoms with Crippen molar-refractivity contribution in [3.63, 3.8) is 0 Å². The van der Waals surface area contributed by atoms with E-state index in [0.717, 1.165) is 23.6 Å². The van der Waals surface area contributed by atoms with E-state index in [1.54, 1.807) is 18.2 Å². The molecular formula is C23H22N2O3. The average molecular weight is 374 g/mol. The third-order valence-electron chi connectivity index (χ3n) is 5.33. The lowest BCUT2D eigenvalue weighted by atomic mass is 9.85. The van der Waals surface area contributed by atoms with E-state index >= 15 is 0 Å². The number of aromatic hydroxyl groups is 1. The van der Waals surface area contributed by atoms with E-state index in [0.29, 0.717) is 23.7 Å². The van der Waals surface area contributed by atoms with E-state index in [-0.39, 0.29) is 23.1 Å². The van der Waals surface area contributed by atoms with Gasteiger partial charge in [0.15, 0.2) is 0 Å². The number of carbonyl (C=O) groups excluding carboxylic acids is 2. The fourth-order valence-electron chi connectivity index (χ4n) is 3.52. The maximum atomic E-state index is 12.9. The van der Waals surface area contributed by atoms with Crippen molar-refractivity contribution >= 4 is 28.3 Å². The van der Waals surface area contributed by atoms with Crippen LogP contribution in [0.2, 0.25) is 0 Å². The van der Waals surface area contributed by atoms with E-state index in [4.69, 9.17) is 0 Å². The van der Waals surface area contributed by atoms with E-state index in [9.17, 15) is 14.7 Å². The lowest BCUT2D eigenvalue weighted by Gasteiger charge is -2.25. The SMILES string of the molecule is O=C(NCC1CCC1)c1c(O)cccc1NC(=O)c1cccc2ccccc12. The van der Waals surface area contributed by atoms with E-state index in [1.165, 1.54) is 12.5 Å². The Kier molecular flexibility index (Phi) is 4.98. The molecule has 2 amide bonds. The summed E-state index contributed by atoms with van der Waals surface area (Å²) in [5.74, 6) is -0.348. The molecule has 1 aliphatic carbocycles. The predicted molar refractivity (Wildman–Crippen MR) is 110 cm³/mol. The van der Waals surface area contributed by atoms with Gasteiger partial charge in [-0.25, -0.2) is 0 Å². The van der Waals surface area contributed by atoms with Gasteiger partial charge >= 0.3 is 0 Å². The highest BCUT2D eigenvalue weighted by Crippen LogP contribution is 2.28. The van der Waals surface area contributed by atoms with Crippen LogP contribution in [0.4, 0.5) is 5.69 Å². The maximum Gasteiger partial charge on any atom is 0.257 e. The third-order valence-corrected chi connectivity index (χ3v) is 5.33. The van der Waals surface area contributed by atoms with Crippen molar-refractivity contribution in [3.05, 3.63) is 71.8 Å². The van der Waals surface area contributed by atoms with Crippen molar-refractivity contribution in [1.29, 1.82) is 0 Å². The summed E-state index contributed by atoms with van der Waals surface area (Å²) in [7, 11) is 0. The van der Waals surface area contributed by atoms with Gasteiger partial charge in [-0.2, -0.15) is 0 Å². The van der Waals surface area contributed by atoms with E-state index in [1.807, 2.05) is 36.4 Å². The van der Waals surface area contributed by atoms with Gasteiger partial charge in [-0.05, 0) is 47.7 Å². The predicted octanol–water partition coefficient (Wildman–Crippen LogP) is 4.33. The molecule has 0 heterocycles. The summed E-state index contributed by atoms with van der Waals surface area (Å²) in [5.41, 5.74) is 0.904. The number of nitrogens with one attached hydrogen (secondary N) is 2. The Labute approximate surface area is 163 Å². The van der Waals surface area contributed by atoms with Crippen LogP contribution in [0.15, 0.2) is 60.7 Å². The fourth-order valence-corrected chi connectivity index (χ4v) is 3.52. The van der Waals surface area contributed by atoms with E-state index < -0.39 is 0 Å². The van der Waals surface area contributed by atoms with Crippen molar-refractivity contribution in [2.45, 2.75) is 19.3 Å². The highest BCUT2D eigenvalue weighted by Gasteiger charge is 2.22. The Morgan fingerprint density at radius 1 is 0.929 bits per heavy atom. The Hall–Kier alpha value is -3.34. The second-order valence-electron chi connectivity index (χ2n) is 7.19. The highest BCUT2D eigenvalue weighted by atomic mass is 16.3. The number of phenols is 1. The van der Waals surface area contributed by atoms with Crippen LogP contribution in [0.1, 0.15) is 40.0 Å². The molecule has 3 N–H and O–H groups in total. The van der Waals surface area contributed by atoms with Crippen LogP contribution in [0.25, 0.3) is 10.8 Å². The van der Waals surface area contributed by atoms with Crippen molar-refractivity contribution in [1.82, 2.24) is 5.32 Å². The molecule has 0 unspecified atom stereocenters. The standard InChI is InChI=1S/C23H22N2O3/c26-20-13-5-12-19(21(20)23(28)24-14-15-6-3-7-15)25-22(27)18-11-4-9-16-8-1-2-10-17(16)18/h1-2,4-5,8-13,15,26H,3,6-7,14H2,(H,24,28)(H,25,27). The van der Waals surface area contributed by atoms with Crippen molar-refractivity contribution in [2.75, 3.05) is 11.9 Å². The normalized spacial score (nSPS) is 13.7. The first-order chi connectivity index (χ1) is 13.6. The number of hydrogen-bond donors (Lipinski definition) is 3. The minimum atomic E-state index is -0.377. The first-order valence-electron chi connectivity index (χ1n) is 9.53. The molecule has 0 bridgehead atoms. The average Bonchev–Trinajstić information content (AvgIpc) is 2.66. The molecule has 28 heavy (non-hydrogen) atoms. The zero-order valence-electron chi connectivity index (χ0n) is 15.4. The third kappa shape index (κ3) is 3.56. The molecule has 1 saturated carbocycles. The number of hydrogen-bond acceptors (Lipinski definition) is 3. The maximum absolute atomic E-state index is 12.9. The molecule has 0 aromatic heterocycles. The molecule has 5 heteroatoms. The summed E-state index contributed by atoms with van der Waals surface area (Å²) in [6.45, 7) is 0.587. The number of fused-ring (bicyclic) bond motifs is 1. The molecule has 142 valence electrons. The monoisotopic (exact) mass is 374 g/mol. The molecule has 1 fully saturated rings. The first-order valence-corrected chi connectivity index (χ1v) is 9.53. The van der Waals surface area contributed by atoms with Crippen molar-refractivity contribution in [2.24, 2.45) is 5.92 Å². The molecule has 0 aliphatic heterocycles. The van der Waals surface area contributed by atoms with Crippen LogP contribution in [0, 0.1) is 5.92 Å². The zero-order chi connectivity index (χ0) is 19.5. The molecule has 3 aromatic carbocycles. The van der Waals surface area contributed by atoms with Crippen molar-refractivity contribution < 1.29 is 14.7 Å². The van der Waals surface area contributed by atoms with Gasteiger partial charge in [0.25, 0.3) is 11.8 Å². The summed E-state index contributed by atoms with van der Waals surface area (Å²) in [5, 5.41) is 17.7. The summed E-state index contributed by atoms with van der Waals surface area (Å²) >= 11 is 0. The Balaban J connectivity index is 1.59. The van der Waals surface area contributed by atoms with Gasteiger partial charge in [-0.1, -0.05) is 48.9 Å². The smallest absolute Gasteiger partial charge is 0.257 e. The van der Waals surface area contributed by atoms with Crippen LogP contribution >= 0.6 is 0 Å². The number of carbonyl (C=O) groups is 2. The molecule has 0 radical (unpaired) electrons. The van der Waals surface area contributed by atoms with Gasteiger partial charge in [-0.3, -0.25) is 9.59 Å². The summed E-state index contributed by atoms with van der Waals surface area (Å²) in [4.78, 5) is 25.6. The Morgan fingerprint density at radius 3 is 2.46 bits per heavy atom. The lowest BCUT2D eigenvalue weighted by Crippen LogP contribution is -2.32. The Morgan fingerprint density at radius 2 is 1.68 bits per heavy atom. The molecule has 0 saturated heterocycles. The van der Waals surface area contributed by atoms with Crippen LogP contribution < -0.4 is 10.6 Å². The lowest BCUT2D eigenvalue weighted by molar-refractivity contribution is 0.0937. The Bertz CT molecular complexity index is 1040. The van der Waals surface area contributed by atoms with Crippen LogP contribution in [-0.2, 0) is 0 Å². The topological polar surface area (TPSA) is 78.4 Å². The quantitative estimate of drug-likeness (QED) is 0.622. The molecule has 3 aromatic rings. The molecule has 0 atom stereocenters. The fraction of sp³-hybridized carbons (Fsp3) is 0.217. The number of phenolic OH excluding ortho intramolecular Hbond substituents is 1. The van der Waals surface area contributed by atoms with Gasteiger partial charge in [0.2, 0.25) is 0 Å². The first kappa shape index (κ1) is 18.0. The van der Waals surface area contributed by atoms with Crippen LogP contribution in [0.3, 0.4) is 0 Å². The number of amides is 2. The molecular weight excluding hydrogens is 352 g/mol. The van der Waals surface area contributed by atoms with Gasteiger partial charge < -0.3 is 15.7 Å². The molecule has 4 rings (SSSR count). The van der Waals surface area contributed by atoms with Gasteiger partial charge in [0, 0.05) is 12.1 Å². The number of rotatable bonds is 5. The van der Waals surface area contributed by atoms with Gasteiger partial charge in [0.1, 0.15) is 11.3 Å². The highest BCUT2D eigenvalue weighted by molar-refractivity contribution is 6.15. The van der Waals surface area contributed by atoms with Gasteiger partial charge in [-0.15, -0.1) is 0 Å². The second-order valence-corrected chi connectivity index (χ2v) is 7.19. The summed E-state index contributed by atoms with van der Waals surface area (Å²) in [6.07, 6.45) is 3.43. The summed E-state index contributed by atoms with van der Waals surface area (Å²) < 4.78 is 0. The van der Waals surface area contributed by atoms with Crippen LogP contribution in [0.5, 0.6) is 5.75 Å². The molecule has 1 aliphatic rings. The zero-order valence-corrected chi connectivity index (χ0v) is 15.4. The molecule has 5 nitrogen and oxygen atoms in total. The van der Waals surface area contributed by atoms with Crippen molar-refractivity contribution in [3.8, 4) is 5.75 Å². The van der Waals surface area contributed by atoms with E-state index in [2.05, 4.69) is 10.6 Å². The largest absolute Gasteiger partial charge is 0.507 e. The minimum absolute atomic E-state index is 0.0930. The summed E-state index contributed by atoms with van der Waals surface area (Å²) in [6, 6.07) is 17.8. The number of benzene rings is 3. The number of anilines is 1. The van der Waals surface area contributed by atoms with Gasteiger partial charge in [0.05, 0.1) is 5.69 Å². The second kappa shape index (κ2) is 7.72. The molecule has 0 spiro atoms. The van der Waals surface area contributed by atoms with Crippen LogP contribution in [-0.4, -0.2) is 23.5 Å². The minimum Gasteiger partial charge on any atom is -0.507 e.